The summed E-state index contributed by atoms with van der Waals surface area (Å²) < 4.78 is 16.9. The van der Waals surface area contributed by atoms with Crippen LogP contribution in [0.1, 0.15) is 43.1 Å². The van der Waals surface area contributed by atoms with Gasteiger partial charge in [-0.3, -0.25) is 4.79 Å². The number of nitrogens with one attached hydrogen (secondary N) is 1. The molecule has 0 spiro atoms. The summed E-state index contributed by atoms with van der Waals surface area (Å²) in [6, 6.07) is 13.0. The van der Waals surface area contributed by atoms with E-state index in [0.29, 0.717) is 29.4 Å². The van der Waals surface area contributed by atoms with E-state index in [1.54, 1.807) is 13.2 Å². The molecule has 1 atom stereocenters. The first-order valence-corrected chi connectivity index (χ1v) is 8.91. The fourth-order valence-corrected chi connectivity index (χ4v) is 2.43. The number of rotatable bonds is 9. The lowest BCUT2D eigenvalue weighted by atomic mass is 10.1. The number of hydrogen-bond donors (Lipinski definition) is 1. The molecule has 0 aliphatic carbocycles. The van der Waals surface area contributed by atoms with Gasteiger partial charge in [-0.25, -0.2) is 0 Å². The molecule has 2 rings (SSSR count). The third-order valence-corrected chi connectivity index (χ3v) is 4.06. The average Bonchev–Trinajstić information content (AvgIpc) is 2.67. The Balaban J connectivity index is 2.21. The average molecular weight is 357 g/mol. The number of para-hydroxylation sites is 2. The Kier molecular flexibility index (Phi) is 7.33. The van der Waals surface area contributed by atoms with Gasteiger partial charge in [0, 0.05) is 17.2 Å². The maximum absolute atomic E-state index is 12.4. The molecule has 0 saturated heterocycles. The summed E-state index contributed by atoms with van der Waals surface area (Å²) in [5, 5.41) is 2.98. The molecular formula is C21H27NO4. The molecule has 0 saturated carbocycles. The van der Waals surface area contributed by atoms with Crippen molar-refractivity contribution < 1.29 is 19.0 Å². The Bertz CT molecular complexity index is 730. The number of benzene rings is 2. The first-order chi connectivity index (χ1) is 12.6. The normalized spacial score (nSPS) is 11.5. The van der Waals surface area contributed by atoms with Gasteiger partial charge in [-0.1, -0.05) is 19.1 Å². The zero-order chi connectivity index (χ0) is 18.9. The molecule has 1 amide bonds. The molecule has 0 aliphatic heterocycles. The molecule has 0 aliphatic rings. The first kappa shape index (κ1) is 19.6. The van der Waals surface area contributed by atoms with E-state index in [1.807, 2.05) is 57.2 Å². The minimum Gasteiger partial charge on any atom is -0.493 e. The molecule has 2 aromatic rings. The van der Waals surface area contributed by atoms with E-state index >= 15 is 0 Å². The van der Waals surface area contributed by atoms with E-state index in [9.17, 15) is 4.79 Å². The third-order valence-electron chi connectivity index (χ3n) is 4.06. The Morgan fingerprint density at radius 2 is 1.77 bits per heavy atom. The summed E-state index contributed by atoms with van der Waals surface area (Å²) in [7, 11) is 1.60. The van der Waals surface area contributed by atoms with Crippen molar-refractivity contribution in [2.45, 2.75) is 39.8 Å². The topological polar surface area (TPSA) is 56.8 Å². The van der Waals surface area contributed by atoms with Crippen LogP contribution in [0.5, 0.6) is 17.2 Å². The van der Waals surface area contributed by atoms with Crippen molar-refractivity contribution in [2.24, 2.45) is 0 Å². The van der Waals surface area contributed by atoms with Gasteiger partial charge in [0.05, 0.1) is 13.7 Å². The maximum atomic E-state index is 12.4. The van der Waals surface area contributed by atoms with Gasteiger partial charge in [0.1, 0.15) is 12.4 Å². The van der Waals surface area contributed by atoms with Crippen LogP contribution in [0.3, 0.4) is 0 Å². The second kappa shape index (κ2) is 9.70. The van der Waals surface area contributed by atoms with Gasteiger partial charge in [-0.15, -0.1) is 0 Å². The van der Waals surface area contributed by atoms with Crippen molar-refractivity contribution in [3.05, 3.63) is 53.6 Å². The predicted octanol–water partition coefficient (Wildman–Crippen LogP) is 4.20. The minimum absolute atomic E-state index is 0.0964. The second-order valence-electron chi connectivity index (χ2n) is 5.98. The van der Waals surface area contributed by atoms with E-state index in [0.717, 1.165) is 12.0 Å². The van der Waals surface area contributed by atoms with Gasteiger partial charge >= 0.3 is 0 Å². The van der Waals surface area contributed by atoms with Crippen LogP contribution < -0.4 is 19.5 Å². The standard InChI is InChI=1S/C21H27NO4/c1-5-15(3)22-21(23)16-11-12-18(25-6-2)17(13-16)14-26-20-10-8-7-9-19(20)24-4/h7-13,15H,5-6,14H2,1-4H3,(H,22,23)/t15-/m1/s1. The van der Waals surface area contributed by atoms with E-state index in [4.69, 9.17) is 14.2 Å². The molecule has 5 nitrogen and oxygen atoms in total. The summed E-state index contributed by atoms with van der Waals surface area (Å²) in [5.74, 6) is 1.92. The van der Waals surface area contributed by atoms with Gasteiger partial charge < -0.3 is 19.5 Å². The third kappa shape index (κ3) is 5.15. The molecule has 26 heavy (non-hydrogen) atoms. The maximum Gasteiger partial charge on any atom is 0.251 e. The number of amides is 1. The van der Waals surface area contributed by atoms with E-state index < -0.39 is 0 Å². The highest BCUT2D eigenvalue weighted by Crippen LogP contribution is 2.28. The van der Waals surface area contributed by atoms with Gasteiger partial charge in [0.2, 0.25) is 0 Å². The molecular weight excluding hydrogens is 330 g/mol. The molecule has 0 unspecified atom stereocenters. The summed E-state index contributed by atoms with van der Waals surface area (Å²) >= 11 is 0. The SMILES string of the molecule is CCOc1ccc(C(=O)N[C@H](C)CC)cc1COc1ccccc1OC. The summed E-state index contributed by atoms with van der Waals surface area (Å²) in [5.41, 5.74) is 1.40. The summed E-state index contributed by atoms with van der Waals surface area (Å²) in [6.45, 7) is 6.77. The highest BCUT2D eigenvalue weighted by Gasteiger charge is 2.13. The number of methoxy groups -OCH3 is 1. The highest BCUT2D eigenvalue weighted by molar-refractivity contribution is 5.94. The zero-order valence-corrected chi connectivity index (χ0v) is 15.9. The van der Waals surface area contributed by atoms with Gasteiger partial charge in [-0.2, -0.15) is 0 Å². The van der Waals surface area contributed by atoms with Crippen molar-refractivity contribution in [1.82, 2.24) is 5.32 Å². The van der Waals surface area contributed by atoms with E-state index in [2.05, 4.69) is 5.32 Å². The Morgan fingerprint density at radius 3 is 2.42 bits per heavy atom. The number of carbonyl (C=O) groups excluding carboxylic acids is 1. The van der Waals surface area contributed by atoms with Crippen molar-refractivity contribution in [3.8, 4) is 17.2 Å². The van der Waals surface area contributed by atoms with Crippen LogP contribution in [-0.2, 0) is 6.61 Å². The lowest BCUT2D eigenvalue weighted by molar-refractivity contribution is 0.0939. The van der Waals surface area contributed by atoms with Crippen LogP contribution in [0.4, 0.5) is 0 Å². The molecule has 0 aromatic heterocycles. The largest absolute Gasteiger partial charge is 0.493 e. The number of hydrogen-bond acceptors (Lipinski definition) is 4. The van der Waals surface area contributed by atoms with Crippen molar-refractivity contribution >= 4 is 5.91 Å². The number of ether oxygens (including phenoxy) is 3. The second-order valence-corrected chi connectivity index (χ2v) is 5.98. The van der Waals surface area contributed by atoms with Crippen molar-refractivity contribution in [3.63, 3.8) is 0 Å². The molecule has 2 aromatic carbocycles. The van der Waals surface area contributed by atoms with E-state index in [1.165, 1.54) is 0 Å². The molecule has 0 radical (unpaired) electrons. The minimum atomic E-state index is -0.0964. The van der Waals surface area contributed by atoms with Crippen LogP contribution in [0.15, 0.2) is 42.5 Å². The quantitative estimate of drug-likeness (QED) is 0.731. The molecule has 0 bridgehead atoms. The molecule has 140 valence electrons. The number of carbonyl (C=O) groups is 1. The fraction of sp³-hybridized carbons (Fsp3) is 0.381. The van der Waals surface area contributed by atoms with Gasteiger partial charge in [0.25, 0.3) is 5.91 Å². The Labute approximate surface area is 155 Å². The van der Waals surface area contributed by atoms with Gasteiger partial charge in [-0.05, 0) is 50.6 Å². The van der Waals surface area contributed by atoms with Crippen LogP contribution in [0.2, 0.25) is 0 Å². The Morgan fingerprint density at radius 1 is 1.04 bits per heavy atom. The summed E-state index contributed by atoms with van der Waals surface area (Å²) in [4.78, 5) is 12.4. The van der Waals surface area contributed by atoms with Crippen LogP contribution in [0.25, 0.3) is 0 Å². The lowest BCUT2D eigenvalue weighted by Crippen LogP contribution is -2.32. The zero-order valence-electron chi connectivity index (χ0n) is 15.9. The molecule has 1 N–H and O–H groups in total. The van der Waals surface area contributed by atoms with Crippen LogP contribution in [0, 0.1) is 0 Å². The molecule has 0 heterocycles. The van der Waals surface area contributed by atoms with Gasteiger partial charge in [0.15, 0.2) is 11.5 Å². The first-order valence-electron chi connectivity index (χ1n) is 8.91. The fourth-order valence-electron chi connectivity index (χ4n) is 2.43. The van der Waals surface area contributed by atoms with Crippen LogP contribution in [-0.4, -0.2) is 25.7 Å². The van der Waals surface area contributed by atoms with Crippen molar-refractivity contribution in [2.75, 3.05) is 13.7 Å². The lowest BCUT2D eigenvalue weighted by Gasteiger charge is -2.16. The summed E-state index contributed by atoms with van der Waals surface area (Å²) in [6.07, 6.45) is 0.881. The predicted molar refractivity (Wildman–Crippen MR) is 102 cm³/mol. The van der Waals surface area contributed by atoms with E-state index in [-0.39, 0.29) is 18.6 Å². The smallest absolute Gasteiger partial charge is 0.251 e. The Hall–Kier alpha value is -2.69. The highest BCUT2D eigenvalue weighted by atomic mass is 16.5. The molecule has 5 heteroatoms. The monoisotopic (exact) mass is 357 g/mol. The molecule has 0 fully saturated rings. The van der Waals surface area contributed by atoms with Crippen LogP contribution >= 0.6 is 0 Å². The van der Waals surface area contributed by atoms with Crippen molar-refractivity contribution in [1.29, 1.82) is 0 Å².